The Balaban J connectivity index is 1.52. The van der Waals surface area contributed by atoms with Crippen molar-refractivity contribution in [3.8, 4) is 23.3 Å². The molecule has 8 nitrogen and oxygen atoms in total. The number of nitrogen functional groups attached to an aromatic ring is 1. The minimum absolute atomic E-state index is 0.0145. The Morgan fingerprint density at radius 1 is 1.05 bits per heavy atom. The smallest absolute Gasteiger partial charge is 0.278 e. The predicted octanol–water partition coefficient (Wildman–Crippen LogP) is 4.34. The first-order valence-electron chi connectivity index (χ1n) is 12.2. The van der Waals surface area contributed by atoms with Gasteiger partial charge in [0.2, 0.25) is 0 Å². The number of methoxy groups -OCH3 is 2. The molecule has 1 heterocycles. The molecule has 202 valence electrons. The zero-order chi connectivity index (χ0) is 28.1. The van der Waals surface area contributed by atoms with E-state index in [2.05, 4.69) is 34.0 Å². The third-order valence-corrected chi connectivity index (χ3v) is 7.05. The molecule has 1 aliphatic rings. The third-order valence-electron chi connectivity index (χ3n) is 6.30. The van der Waals surface area contributed by atoms with Crippen LogP contribution in [0.1, 0.15) is 34.0 Å². The summed E-state index contributed by atoms with van der Waals surface area (Å²) < 4.78 is 10.6. The molecule has 1 amide bonds. The van der Waals surface area contributed by atoms with Gasteiger partial charge in [-0.2, -0.15) is 4.99 Å². The molecule has 0 spiro atoms. The topological polar surface area (TPSA) is 115 Å². The monoisotopic (exact) mass is 565 g/mol. The lowest BCUT2D eigenvalue weighted by Crippen LogP contribution is -2.49. The number of amidine groups is 1. The first kappa shape index (κ1) is 28.1. The largest absolute Gasteiger partial charge is 0.495 e. The summed E-state index contributed by atoms with van der Waals surface area (Å²) in [5.74, 6) is 6.28. The number of rotatable bonds is 5. The molecule has 5 N–H and O–H groups in total. The fourth-order valence-electron chi connectivity index (χ4n) is 4.22. The predicted molar refractivity (Wildman–Crippen MR) is 158 cm³/mol. The van der Waals surface area contributed by atoms with Crippen molar-refractivity contribution in [3.05, 3.63) is 80.8 Å². The highest BCUT2D eigenvalue weighted by atomic mass is 35.5. The van der Waals surface area contributed by atoms with Crippen LogP contribution in [0.5, 0.6) is 11.5 Å². The molecule has 1 fully saturated rings. The average Bonchev–Trinajstić information content (AvgIpc) is 2.93. The third kappa shape index (κ3) is 6.40. The number of piperazine rings is 1. The Kier molecular flexibility index (Phi) is 8.87. The SMILES string of the molecule is COc1cc(OC)c(Cl)c(C#Cc2ccc(C(N)=NC(=O)c3ccc(N4CCN[C@@H](C)C4)cc3)c(N)c2)c1Cl. The van der Waals surface area contributed by atoms with E-state index in [1.807, 2.05) is 12.1 Å². The number of carbonyl (C=O) groups excluding carboxylic acids is 1. The number of nitrogens with one attached hydrogen (secondary N) is 1. The summed E-state index contributed by atoms with van der Waals surface area (Å²) in [5.41, 5.74) is 15.6. The number of ether oxygens (including phenoxy) is 2. The van der Waals surface area contributed by atoms with E-state index in [0.29, 0.717) is 45.5 Å². The number of benzene rings is 3. The van der Waals surface area contributed by atoms with Gasteiger partial charge < -0.3 is 31.2 Å². The van der Waals surface area contributed by atoms with Crippen LogP contribution in [0.15, 0.2) is 53.5 Å². The first-order valence-corrected chi connectivity index (χ1v) is 13.0. The summed E-state index contributed by atoms with van der Waals surface area (Å²) >= 11 is 12.8. The van der Waals surface area contributed by atoms with Crippen LogP contribution in [-0.4, -0.2) is 51.6 Å². The average molecular weight is 566 g/mol. The standard InChI is InChI=1S/C29H29Cl2N5O3/c1-17-16-36(13-12-34-17)20-8-6-19(7-9-20)29(37)35-28(33)21-10-4-18(14-23(21)32)5-11-22-26(30)24(38-2)15-25(39-3)27(22)31/h4,6-10,14-15,17,34H,12-13,16,32H2,1-3H3,(H2,33,35,37)/t17-/m0/s1. The van der Waals surface area contributed by atoms with E-state index >= 15 is 0 Å². The van der Waals surface area contributed by atoms with E-state index in [1.54, 1.807) is 36.4 Å². The number of hydrogen-bond acceptors (Lipinski definition) is 6. The van der Waals surface area contributed by atoms with Gasteiger partial charge in [0.1, 0.15) is 17.3 Å². The maximum Gasteiger partial charge on any atom is 0.278 e. The highest BCUT2D eigenvalue weighted by Gasteiger charge is 2.17. The van der Waals surface area contributed by atoms with E-state index in [4.69, 9.17) is 44.1 Å². The number of amides is 1. The second-order valence-corrected chi connectivity index (χ2v) is 9.74. The molecular formula is C29H29Cl2N5O3. The van der Waals surface area contributed by atoms with Crippen molar-refractivity contribution in [2.24, 2.45) is 10.7 Å². The summed E-state index contributed by atoms with van der Waals surface area (Å²) in [4.78, 5) is 19.1. The van der Waals surface area contributed by atoms with Crippen molar-refractivity contribution >= 4 is 46.3 Å². The van der Waals surface area contributed by atoms with Gasteiger partial charge >= 0.3 is 0 Å². The van der Waals surface area contributed by atoms with Gasteiger partial charge in [0, 0.05) is 59.8 Å². The molecular weight excluding hydrogens is 537 g/mol. The molecule has 0 bridgehead atoms. The molecule has 1 saturated heterocycles. The minimum Gasteiger partial charge on any atom is -0.495 e. The van der Waals surface area contributed by atoms with Crippen molar-refractivity contribution < 1.29 is 14.3 Å². The van der Waals surface area contributed by atoms with E-state index in [0.717, 1.165) is 25.3 Å². The lowest BCUT2D eigenvalue weighted by atomic mass is 10.1. The number of anilines is 2. The molecule has 1 aliphatic heterocycles. The molecule has 3 aromatic rings. The van der Waals surface area contributed by atoms with Crippen molar-refractivity contribution in [3.63, 3.8) is 0 Å². The van der Waals surface area contributed by atoms with E-state index < -0.39 is 5.91 Å². The minimum atomic E-state index is -0.452. The van der Waals surface area contributed by atoms with E-state index in [9.17, 15) is 4.79 Å². The summed E-state index contributed by atoms with van der Waals surface area (Å²) in [6.45, 7) is 4.89. The van der Waals surface area contributed by atoms with Crippen LogP contribution in [-0.2, 0) is 0 Å². The van der Waals surface area contributed by atoms with Crippen molar-refractivity contribution in [2.45, 2.75) is 13.0 Å². The van der Waals surface area contributed by atoms with Gasteiger partial charge in [0.15, 0.2) is 0 Å². The Labute approximate surface area is 237 Å². The number of aliphatic imine (C=N–C) groups is 1. The van der Waals surface area contributed by atoms with Gasteiger partial charge in [0.05, 0.1) is 29.8 Å². The summed E-state index contributed by atoms with van der Waals surface area (Å²) in [5, 5.41) is 3.96. The van der Waals surface area contributed by atoms with Crippen LogP contribution in [0.25, 0.3) is 0 Å². The summed E-state index contributed by atoms with van der Waals surface area (Å²) in [6, 6.07) is 14.4. The van der Waals surface area contributed by atoms with Gasteiger partial charge in [-0.05, 0) is 49.4 Å². The number of nitrogens with two attached hydrogens (primary N) is 2. The number of carbonyl (C=O) groups is 1. The lowest BCUT2D eigenvalue weighted by Gasteiger charge is -2.33. The maximum atomic E-state index is 12.8. The fourth-order valence-corrected chi connectivity index (χ4v) is 4.81. The van der Waals surface area contributed by atoms with E-state index in [-0.39, 0.29) is 15.9 Å². The molecule has 39 heavy (non-hydrogen) atoms. The highest BCUT2D eigenvalue weighted by Crippen LogP contribution is 2.39. The molecule has 10 heteroatoms. The first-order chi connectivity index (χ1) is 18.7. The van der Waals surface area contributed by atoms with Crippen LogP contribution in [0.3, 0.4) is 0 Å². The van der Waals surface area contributed by atoms with Crippen LogP contribution in [0, 0.1) is 11.8 Å². The van der Waals surface area contributed by atoms with Gasteiger partial charge in [-0.3, -0.25) is 4.79 Å². The van der Waals surface area contributed by atoms with Gasteiger partial charge in [-0.25, -0.2) is 0 Å². The number of nitrogens with zero attached hydrogens (tertiary/aromatic N) is 2. The van der Waals surface area contributed by atoms with Gasteiger partial charge in [-0.1, -0.05) is 35.0 Å². The number of halogens is 2. The molecule has 1 atom stereocenters. The second-order valence-electron chi connectivity index (χ2n) is 8.99. The molecule has 0 aliphatic carbocycles. The van der Waals surface area contributed by atoms with Gasteiger partial charge in [-0.15, -0.1) is 0 Å². The Morgan fingerprint density at radius 2 is 1.72 bits per heavy atom. The Morgan fingerprint density at radius 3 is 2.31 bits per heavy atom. The molecule has 0 saturated carbocycles. The van der Waals surface area contributed by atoms with Crippen molar-refractivity contribution in [2.75, 3.05) is 44.5 Å². The van der Waals surface area contributed by atoms with Crippen molar-refractivity contribution in [1.82, 2.24) is 5.32 Å². The number of hydrogen-bond donors (Lipinski definition) is 3. The molecule has 4 rings (SSSR count). The van der Waals surface area contributed by atoms with Gasteiger partial charge in [0.25, 0.3) is 5.91 Å². The van der Waals surface area contributed by atoms with Crippen LogP contribution in [0.4, 0.5) is 11.4 Å². The summed E-state index contributed by atoms with van der Waals surface area (Å²) in [6.07, 6.45) is 0. The van der Waals surface area contributed by atoms with Crippen LogP contribution >= 0.6 is 23.2 Å². The maximum absolute atomic E-state index is 12.8. The normalized spacial score (nSPS) is 15.4. The van der Waals surface area contributed by atoms with E-state index in [1.165, 1.54) is 14.2 Å². The molecule has 3 aromatic carbocycles. The summed E-state index contributed by atoms with van der Waals surface area (Å²) in [7, 11) is 2.98. The molecule has 0 radical (unpaired) electrons. The molecule has 0 aromatic heterocycles. The Bertz CT molecular complexity index is 1450. The zero-order valence-electron chi connectivity index (χ0n) is 21.8. The lowest BCUT2D eigenvalue weighted by molar-refractivity contribution is 0.100. The van der Waals surface area contributed by atoms with Crippen LogP contribution in [0.2, 0.25) is 10.0 Å². The molecule has 0 unspecified atom stereocenters. The fraction of sp³-hybridized carbons (Fsp3) is 0.241. The Hall–Kier alpha value is -3.90. The highest BCUT2D eigenvalue weighted by molar-refractivity contribution is 6.38. The van der Waals surface area contributed by atoms with Crippen LogP contribution < -0.4 is 31.2 Å². The van der Waals surface area contributed by atoms with Crippen molar-refractivity contribution in [1.29, 1.82) is 0 Å². The quantitative estimate of drug-likeness (QED) is 0.182. The zero-order valence-corrected chi connectivity index (χ0v) is 23.4. The second kappa shape index (κ2) is 12.3.